The highest BCUT2D eigenvalue weighted by molar-refractivity contribution is 6.30. The first-order valence-electron chi connectivity index (χ1n) is 9.60. The van der Waals surface area contributed by atoms with E-state index in [2.05, 4.69) is 0 Å². The highest BCUT2D eigenvalue weighted by Gasteiger charge is 2.22. The summed E-state index contributed by atoms with van der Waals surface area (Å²) in [5.41, 5.74) is 2.67. The molecule has 0 aliphatic rings. The van der Waals surface area contributed by atoms with Crippen molar-refractivity contribution < 1.29 is 19.1 Å². The van der Waals surface area contributed by atoms with Crippen LogP contribution in [-0.2, 0) is 16.0 Å². The van der Waals surface area contributed by atoms with Gasteiger partial charge in [0.2, 0.25) is 0 Å². The highest BCUT2D eigenvalue weighted by atomic mass is 35.5. The Morgan fingerprint density at radius 2 is 1.77 bits per heavy atom. The van der Waals surface area contributed by atoms with Crippen LogP contribution < -0.4 is 4.74 Å². The fourth-order valence-corrected chi connectivity index (χ4v) is 3.46. The average molecular weight is 465 g/mol. The van der Waals surface area contributed by atoms with Crippen molar-refractivity contribution in [2.24, 2.45) is 0 Å². The number of hydrogen-bond donors (Lipinski definition) is 0. The number of rotatable bonds is 7. The van der Waals surface area contributed by atoms with Crippen LogP contribution in [0.15, 0.2) is 42.5 Å². The molecule has 0 radical (unpaired) electrons. The molecule has 1 aromatic heterocycles. The number of carbonyl (C=O) groups excluding carboxylic acids is 2. The van der Waals surface area contributed by atoms with Crippen LogP contribution in [0.3, 0.4) is 0 Å². The summed E-state index contributed by atoms with van der Waals surface area (Å²) >= 11 is 5.96. The number of nitrogens with zero attached hydrogens (tertiary/aromatic N) is 2. The van der Waals surface area contributed by atoms with Crippen molar-refractivity contribution in [2.45, 2.75) is 13.3 Å². The molecule has 2 aromatic carbocycles. The summed E-state index contributed by atoms with van der Waals surface area (Å²) in [7, 11) is 5.42. The predicted molar refractivity (Wildman–Crippen MR) is 125 cm³/mol. The fourth-order valence-electron chi connectivity index (χ4n) is 3.33. The van der Waals surface area contributed by atoms with Gasteiger partial charge in [-0.15, -0.1) is 12.4 Å². The van der Waals surface area contributed by atoms with Crippen LogP contribution in [0.5, 0.6) is 5.75 Å². The van der Waals surface area contributed by atoms with E-state index in [4.69, 9.17) is 21.1 Å². The normalized spacial score (nSPS) is 10.8. The van der Waals surface area contributed by atoms with Crippen molar-refractivity contribution in [2.75, 3.05) is 34.4 Å². The molecule has 3 aromatic rings. The maximum atomic E-state index is 13.3. The molecule has 0 atom stereocenters. The molecule has 3 rings (SSSR count). The lowest BCUT2D eigenvalue weighted by molar-refractivity contribution is -0.143. The molecule has 0 fully saturated rings. The monoisotopic (exact) mass is 464 g/mol. The smallest absolute Gasteiger partial charge is 0.310 e. The fraction of sp³-hybridized carbons (Fsp3) is 0.304. The lowest BCUT2D eigenvalue weighted by atomic mass is 10.1. The van der Waals surface area contributed by atoms with E-state index >= 15 is 0 Å². The predicted octanol–water partition coefficient (Wildman–Crippen LogP) is 4.37. The van der Waals surface area contributed by atoms with Crippen LogP contribution in [0, 0.1) is 6.92 Å². The van der Waals surface area contributed by atoms with Crippen molar-refractivity contribution in [3.63, 3.8) is 0 Å². The molecule has 0 aliphatic heterocycles. The molecule has 0 N–H and O–H groups in total. The number of carbonyl (C=O) groups is 2. The zero-order valence-electron chi connectivity index (χ0n) is 18.0. The maximum Gasteiger partial charge on any atom is 0.310 e. The van der Waals surface area contributed by atoms with E-state index in [-0.39, 0.29) is 30.7 Å². The first-order chi connectivity index (χ1) is 14.3. The molecule has 8 heteroatoms. The first-order valence-corrected chi connectivity index (χ1v) is 9.98. The van der Waals surface area contributed by atoms with E-state index < -0.39 is 0 Å². The van der Waals surface area contributed by atoms with E-state index in [0.717, 1.165) is 10.9 Å². The Bertz CT molecular complexity index is 1080. The number of methoxy groups -OCH3 is 1. The van der Waals surface area contributed by atoms with E-state index in [1.54, 1.807) is 42.0 Å². The van der Waals surface area contributed by atoms with Gasteiger partial charge in [0.05, 0.1) is 19.0 Å². The van der Waals surface area contributed by atoms with Gasteiger partial charge in [-0.25, -0.2) is 0 Å². The van der Waals surface area contributed by atoms with Crippen LogP contribution in [0.2, 0.25) is 5.02 Å². The Kier molecular flexibility index (Phi) is 8.51. The third-order valence-corrected chi connectivity index (χ3v) is 5.21. The van der Waals surface area contributed by atoms with Gasteiger partial charge in [0.15, 0.2) is 0 Å². The number of benzene rings is 2. The molecular weight excluding hydrogens is 439 g/mol. The van der Waals surface area contributed by atoms with Gasteiger partial charge in [-0.1, -0.05) is 11.6 Å². The summed E-state index contributed by atoms with van der Waals surface area (Å²) in [4.78, 5) is 27.7. The van der Waals surface area contributed by atoms with E-state index in [0.29, 0.717) is 40.7 Å². The molecule has 31 heavy (non-hydrogen) atoms. The van der Waals surface area contributed by atoms with Crippen LogP contribution in [0.1, 0.15) is 21.6 Å². The van der Waals surface area contributed by atoms with Crippen LogP contribution in [0.4, 0.5) is 0 Å². The summed E-state index contributed by atoms with van der Waals surface area (Å²) < 4.78 is 12.3. The third-order valence-electron chi connectivity index (χ3n) is 4.96. The standard InChI is InChI=1S/C23H25ClN2O4.ClH/c1-15-19(14-22(27)30-12-11-25(2)3)20-13-18(29-4)9-10-21(20)26(15)23(28)16-5-7-17(24)8-6-16;/h5-10,13H,11-12,14H2,1-4H3;1H. The SMILES string of the molecule is COc1ccc2c(c1)c(CC(=O)OCCN(C)C)c(C)n2C(=O)c1ccc(Cl)cc1.Cl. The van der Waals surface area contributed by atoms with Crippen LogP contribution in [-0.4, -0.2) is 55.7 Å². The van der Waals surface area contributed by atoms with Crippen molar-refractivity contribution in [1.82, 2.24) is 9.47 Å². The number of fused-ring (bicyclic) bond motifs is 1. The summed E-state index contributed by atoms with van der Waals surface area (Å²) in [5, 5.41) is 1.35. The molecule has 166 valence electrons. The minimum atomic E-state index is -0.333. The molecule has 0 bridgehead atoms. The zero-order valence-corrected chi connectivity index (χ0v) is 19.5. The highest BCUT2D eigenvalue weighted by Crippen LogP contribution is 2.31. The van der Waals surface area contributed by atoms with Gasteiger partial charge in [0.1, 0.15) is 12.4 Å². The van der Waals surface area contributed by atoms with E-state index in [1.165, 1.54) is 0 Å². The van der Waals surface area contributed by atoms with Crippen LogP contribution in [0.25, 0.3) is 10.9 Å². The number of likely N-dealkylation sites (N-methyl/N-ethyl adjacent to an activating group) is 1. The minimum Gasteiger partial charge on any atom is -0.497 e. The molecular formula is C23H26Cl2N2O4. The van der Waals surface area contributed by atoms with Crippen molar-refractivity contribution in [3.05, 3.63) is 64.3 Å². The lowest BCUT2D eigenvalue weighted by Crippen LogP contribution is -2.21. The number of halogens is 2. The van der Waals surface area contributed by atoms with Crippen molar-refractivity contribution in [1.29, 1.82) is 0 Å². The van der Waals surface area contributed by atoms with Gasteiger partial charge >= 0.3 is 5.97 Å². The molecule has 6 nitrogen and oxygen atoms in total. The second kappa shape index (κ2) is 10.7. The molecule has 0 aliphatic carbocycles. The van der Waals surface area contributed by atoms with Gasteiger partial charge in [0, 0.05) is 28.2 Å². The Morgan fingerprint density at radius 3 is 2.39 bits per heavy atom. The number of esters is 1. The Balaban J connectivity index is 0.00000341. The Hall–Kier alpha value is -2.54. The average Bonchev–Trinajstić information content (AvgIpc) is 2.98. The summed E-state index contributed by atoms with van der Waals surface area (Å²) in [6.07, 6.45) is 0.0732. The van der Waals surface area contributed by atoms with Gasteiger partial charge < -0.3 is 14.4 Å². The molecule has 0 spiro atoms. The third kappa shape index (κ3) is 5.58. The molecule has 0 amide bonds. The Labute approximate surface area is 193 Å². The van der Waals surface area contributed by atoms with Gasteiger partial charge in [-0.2, -0.15) is 0 Å². The zero-order chi connectivity index (χ0) is 21.8. The maximum absolute atomic E-state index is 13.3. The summed E-state index contributed by atoms with van der Waals surface area (Å²) in [6.45, 7) is 2.80. The largest absolute Gasteiger partial charge is 0.497 e. The number of hydrogen-bond acceptors (Lipinski definition) is 5. The van der Waals surface area contributed by atoms with Gasteiger partial charge in [-0.3, -0.25) is 14.2 Å². The lowest BCUT2D eigenvalue weighted by Gasteiger charge is -2.10. The molecule has 0 unspecified atom stereocenters. The van der Waals surface area contributed by atoms with Crippen molar-refractivity contribution >= 4 is 46.8 Å². The minimum absolute atomic E-state index is 0. The molecule has 0 saturated heterocycles. The van der Waals surface area contributed by atoms with Crippen LogP contribution >= 0.6 is 24.0 Å². The second-order valence-electron chi connectivity index (χ2n) is 7.30. The summed E-state index contributed by atoms with van der Waals surface area (Å²) in [6, 6.07) is 12.2. The van der Waals surface area contributed by atoms with Gasteiger partial charge in [0.25, 0.3) is 5.91 Å². The molecule has 1 heterocycles. The topological polar surface area (TPSA) is 60.8 Å². The number of ether oxygens (including phenoxy) is 2. The van der Waals surface area contributed by atoms with Gasteiger partial charge in [-0.05, 0) is 69.0 Å². The number of aromatic nitrogens is 1. The summed E-state index contributed by atoms with van der Waals surface area (Å²) in [5.74, 6) is 0.133. The second-order valence-corrected chi connectivity index (χ2v) is 7.73. The van der Waals surface area contributed by atoms with E-state index in [1.807, 2.05) is 38.1 Å². The van der Waals surface area contributed by atoms with E-state index in [9.17, 15) is 9.59 Å². The molecule has 0 saturated carbocycles. The first kappa shape index (κ1) is 24.7. The Morgan fingerprint density at radius 1 is 1.10 bits per heavy atom. The van der Waals surface area contributed by atoms with Crippen molar-refractivity contribution in [3.8, 4) is 5.75 Å². The quantitative estimate of drug-likeness (QED) is 0.485.